The fourth-order valence-electron chi connectivity index (χ4n) is 2.50. The molecule has 0 saturated heterocycles. The first kappa shape index (κ1) is 20.9. The van der Waals surface area contributed by atoms with Crippen molar-refractivity contribution in [2.24, 2.45) is 0 Å². The smallest absolute Gasteiger partial charge is 0.287 e. The lowest BCUT2D eigenvalue weighted by Gasteiger charge is -2.05. The van der Waals surface area contributed by atoms with Crippen LogP contribution in [-0.2, 0) is 22.1 Å². The van der Waals surface area contributed by atoms with Crippen molar-refractivity contribution in [1.29, 1.82) is 0 Å². The number of furan rings is 1. The summed E-state index contributed by atoms with van der Waals surface area (Å²) in [5.41, 5.74) is 0.207. The van der Waals surface area contributed by atoms with Crippen LogP contribution in [-0.4, -0.2) is 14.3 Å². The Morgan fingerprint density at radius 1 is 1.00 bits per heavy atom. The van der Waals surface area contributed by atoms with Gasteiger partial charge in [0.05, 0.1) is 9.92 Å². The van der Waals surface area contributed by atoms with E-state index >= 15 is 0 Å². The zero-order valence-corrected chi connectivity index (χ0v) is 16.2. The number of hydrogen-bond donors (Lipinski definition) is 1. The summed E-state index contributed by atoms with van der Waals surface area (Å²) in [4.78, 5) is 11.9. The third-order valence-corrected chi connectivity index (χ3v) is 5.77. The van der Waals surface area contributed by atoms with Gasteiger partial charge in [-0.1, -0.05) is 11.6 Å². The van der Waals surface area contributed by atoms with E-state index in [0.29, 0.717) is 6.07 Å². The van der Waals surface area contributed by atoms with E-state index < -0.39 is 38.9 Å². The molecule has 0 bridgehead atoms. The molecule has 0 unspecified atom stereocenters. The van der Waals surface area contributed by atoms with Gasteiger partial charge in [-0.25, -0.2) is 21.6 Å². The van der Waals surface area contributed by atoms with Gasteiger partial charge in [0.2, 0.25) is 0 Å². The molecule has 2 aromatic carbocycles. The molecular weight excluding hydrogens is 431 g/mol. The van der Waals surface area contributed by atoms with Crippen molar-refractivity contribution in [1.82, 2.24) is 5.32 Å². The molecule has 29 heavy (non-hydrogen) atoms. The van der Waals surface area contributed by atoms with Gasteiger partial charge in [-0.15, -0.1) is 0 Å². The number of nitrogens with one attached hydrogen (secondary N) is 1. The average Bonchev–Trinajstić information content (AvgIpc) is 3.09. The second-order valence-corrected chi connectivity index (χ2v) is 8.46. The van der Waals surface area contributed by atoms with Gasteiger partial charge in [0, 0.05) is 12.6 Å². The summed E-state index contributed by atoms with van der Waals surface area (Å²) in [6.45, 7) is -0.157. The van der Waals surface area contributed by atoms with Gasteiger partial charge in [-0.2, -0.15) is 0 Å². The molecule has 152 valence electrons. The summed E-state index contributed by atoms with van der Waals surface area (Å²) < 4.78 is 69.6. The van der Waals surface area contributed by atoms with Gasteiger partial charge in [0.15, 0.2) is 15.6 Å². The van der Waals surface area contributed by atoms with Gasteiger partial charge >= 0.3 is 0 Å². The summed E-state index contributed by atoms with van der Waals surface area (Å²) in [6, 6.07) is 8.41. The summed E-state index contributed by atoms with van der Waals surface area (Å²) in [7, 11) is -3.89. The molecule has 1 heterocycles. The maximum atomic E-state index is 13.2. The van der Waals surface area contributed by atoms with E-state index in [1.807, 2.05) is 0 Å². The van der Waals surface area contributed by atoms with E-state index in [9.17, 15) is 26.4 Å². The lowest BCUT2D eigenvalue weighted by atomic mass is 10.2. The number of sulfone groups is 1. The fourth-order valence-corrected chi connectivity index (χ4v) is 4.02. The molecular formula is C19H13ClF3NO4S. The van der Waals surface area contributed by atoms with Gasteiger partial charge in [0.1, 0.15) is 29.0 Å². The molecule has 0 aliphatic carbocycles. The minimum atomic E-state index is -3.89. The first-order chi connectivity index (χ1) is 13.6. The highest BCUT2D eigenvalue weighted by Crippen LogP contribution is 2.23. The zero-order valence-electron chi connectivity index (χ0n) is 14.6. The lowest BCUT2D eigenvalue weighted by Crippen LogP contribution is -2.22. The van der Waals surface area contributed by atoms with Crippen molar-refractivity contribution in [2.45, 2.75) is 17.2 Å². The van der Waals surface area contributed by atoms with E-state index in [1.165, 1.54) is 12.1 Å². The summed E-state index contributed by atoms with van der Waals surface area (Å²) in [5, 5.41) is 2.08. The Labute approximate surface area is 169 Å². The second-order valence-electron chi connectivity index (χ2n) is 6.06. The highest BCUT2D eigenvalue weighted by molar-refractivity contribution is 7.90. The normalized spacial score (nSPS) is 11.4. The third-order valence-electron chi connectivity index (χ3n) is 3.84. The average molecular weight is 444 g/mol. The topological polar surface area (TPSA) is 76.4 Å². The van der Waals surface area contributed by atoms with Crippen LogP contribution >= 0.6 is 11.6 Å². The predicted octanol–water partition coefficient (Wildman–Crippen LogP) is 4.25. The lowest BCUT2D eigenvalue weighted by molar-refractivity contribution is 0.0921. The van der Waals surface area contributed by atoms with E-state index in [4.69, 9.17) is 16.0 Å². The largest absolute Gasteiger partial charge is 0.455 e. The van der Waals surface area contributed by atoms with E-state index in [1.54, 1.807) is 0 Å². The van der Waals surface area contributed by atoms with Gasteiger partial charge in [-0.05, 0) is 48.0 Å². The van der Waals surface area contributed by atoms with Gasteiger partial charge < -0.3 is 9.73 Å². The summed E-state index contributed by atoms with van der Waals surface area (Å²) in [6.07, 6.45) is 0. The Bertz CT molecular complexity index is 1160. The van der Waals surface area contributed by atoms with Crippen LogP contribution in [0.5, 0.6) is 0 Å². The Balaban J connectivity index is 1.68. The van der Waals surface area contributed by atoms with Crippen LogP contribution in [0.3, 0.4) is 0 Å². The SMILES string of the molecule is O=C(NCc1cc(F)cc(F)c1)c1ccc(CS(=O)(=O)c2ccc(F)c(Cl)c2)o1. The fraction of sp³-hybridized carbons (Fsp3) is 0.105. The minimum absolute atomic E-state index is 0.0209. The van der Waals surface area contributed by atoms with Gasteiger partial charge in [0.25, 0.3) is 5.91 Å². The molecule has 0 atom stereocenters. The van der Waals surface area contributed by atoms with Crippen LogP contribution < -0.4 is 5.32 Å². The number of carbonyl (C=O) groups is 1. The van der Waals surface area contributed by atoms with E-state index in [-0.39, 0.29) is 33.5 Å². The first-order valence-electron chi connectivity index (χ1n) is 8.14. The van der Waals surface area contributed by atoms with Crippen LogP contribution in [0.2, 0.25) is 5.02 Å². The Hall–Kier alpha value is -2.78. The number of hydrogen-bond acceptors (Lipinski definition) is 4. The monoisotopic (exact) mass is 443 g/mol. The summed E-state index contributed by atoms with van der Waals surface area (Å²) >= 11 is 5.61. The molecule has 0 aliphatic rings. The van der Waals surface area contributed by atoms with Crippen molar-refractivity contribution in [3.05, 3.63) is 88.1 Å². The predicted molar refractivity (Wildman–Crippen MR) is 98.5 cm³/mol. The highest BCUT2D eigenvalue weighted by atomic mass is 35.5. The van der Waals surface area contributed by atoms with E-state index in [0.717, 1.165) is 30.3 Å². The van der Waals surface area contributed by atoms with Crippen molar-refractivity contribution < 1.29 is 30.8 Å². The summed E-state index contributed by atoms with van der Waals surface area (Å²) in [5.74, 6) is -3.76. The standard InChI is InChI=1S/C19H13ClF3NO4S/c20-16-8-15(2-3-17(16)23)29(26,27)10-14-1-4-18(28-14)19(25)24-9-11-5-12(21)7-13(22)6-11/h1-8H,9-10H2,(H,24,25). The Morgan fingerprint density at radius 2 is 1.69 bits per heavy atom. The number of halogens is 4. The quantitative estimate of drug-likeness (QED) is 0.578. The molecule has 0 spiro atoms. The van der Waals surface area contributed by atoms with Crippen molar-refractivity contribution >= 4 is 27.3 Å². The first-order valence-corrected chi connectivity index (χ1v) is 10.2. The molecule has 0 saturated carbocycles. The van der Waals surface area contributed by atoms with Crippen LogP contribution in [0.25, 0.3) is 0 Å². The molecule has 0 fully saturated rings. The maximum absolute atomic E-state index is 13.2. The molecule has 0 radical (unpaired) electrons. The van der Waals surface area contributed by atoms with Crippen molar-refractivity contribution in [3.8, 4) is 0 Å². The molecule has 1 amide bonds. The number of carbonyl (C=O) groups excluding carboxylic acids is 1. The van der Waals surface area contributed by atoms with Crippen molar-refractivity contribution in [2.75, 3.05) is 0 Å². The highest BCUT2D eigenvalue weighted by Gasteiger charge is 2.20. The van der Waals surface area contributed by atoms with Crippen LogP contribution in [0.15, 0.2) is 57.8 Å². The molecule has 0 aliphatic heterocycles. The zero-order chi connectivity index (χ0) is 21.2. The van der Waals surface area contributed by atoms with E-state index in [2.05, 4.69) is 5.32 Å². The molecule has 1 aromatic heterocycles. The molecule has 10 heteroatoms. The third kappa shape index (κ3) is 5.18. The molecule has 3 aromatic rings. The van der Waals surface area contributed by atoms with Crippen LogP contribution in [0, 0.1) is 17.5 Å². The maximum Gasteiger partial charge on any atom is 0.287 e. The van der Waals surface area contributed by atoms with Crippen LogP contribution in [0.4, 0.5) is 13.2 Å². The molecule has 1 N–H and O–H groups in total. The second kappa shape index (κ2) is 8.30. The Kier molecular flexibility index (Phi) is 5.99. The van der Waals surface area contributed by atoms with Gasteiger partial charge in [-0.3, -0.25) is 4.79 Å². The van der Waals surface area contributed by atoms with Crippen LogP contribution in [0.1, 0.15) is 21.9 Å². The number of rotatable bonds is 6. The number of benzene rings is 2. The Morgan fingerprint density at radius 3 is 2.34 bits per heavy atom. The number of amides is 1. The van der Waals surface area contributed by atoms with Crippen molar-refractivity contribution in [3.63, 3.8) is 0 Å². The minimum Gasteiger partial charge on any atom is -0.455 e. The molecule has 3 rings (SSSR count). The molecule has 5 nitrogen and oxygen atoms in total.